The number of nitro groups is 1. The zero-order chi connectivity index (χ0) is 19.7. The van der Waals surface area contributed by atoms with E-state index in [-0.39, 0.29) is 17.3 Å². The van der Waals surface area contributed by atoms with Crippen LogP contribution in [0.15, 0.2) is 75.8 Å². The number of carbonyl (C=O) groups excluding carboxylic acids is 1. The van der Waals surface area contributed by atoms with Gasteiger partial charge >= 0.3 is 5.97 Å². The summed E-state index contributed by atoms with van der Waals surface area (Å²) in [7, 11) is 0. The largest absolute Gasteiger partial charge is 0.457 e. The molecule has 2 heterocycles. The van der Waals surface area contributed by atoms with Crippen molar-refractivity contribution in [3.05, 3.63) is 93.4 Å². The molecule has 0 fully saturated rings. The quantitative estimate of drug-likeness (QED) is 0.290. The lowest BCUT2D eigenvalue weighted by Crippen LogP contribution is -2.06. The maximum absolute atomic E-state index is 12.1. The summed E-state index contributed by atoms with van der Waals surface area (Å²) < 4.78 is 11.0. The Morgan fingerprint density at radius 1 is 1.04 bits per heavy atom. The molecule has 4 rings (SSSR count). The number of esters is 1. The molecule has 1 aliphatic heterocycles. The molecule has 7 nitrogen and oxygen atoms in total. The molecule has 28 heavy (non-hydrogen) atoms. The van der Waals surface area contributed by atoms with Gasteiger partial charge in [0.15, 0.2) is 5.70 Å². The van der Waals surface area contributed by atoms with E-state index >= 15 is 0 Å². The molecule has 0 atom stereocenters. The summed E-state index contributed by atoms with van der Waals surface area (Å²) in [5.41, 5.74) is 2.54. The van der Waals surface area contributed by atoms with Crippen LogP contribution in [0.1, 0.15) is 16.9 Å². The van der Waals surface area contributed by atoms with Crippen molar-refractivity contribution >= 4 is 23.6 Å². The second-order valence-corrected chi connectivity index (χ2v) is 6.16. The van der Waals surface area contributed by atoms with E-state index in [1.807, 2.05) is 31.2 Å². The van der Waals surface area contributed by atoms with Crippen molar-refractivity contribution in [3.8, 4) is 11.3 Å². The number of rotatable bonds is 4. The fraction of sp³-hybridized carbons (Fsp3) is 0.0476. The second-order valence-electron chi connectivity index (χ2n) is 6.16. The van der Waals surface area contributed by atoms with Crippen molar-refractivity contribution in [1.29, 1.82) is 0 Å². The third-order valence-electron chi connectivity index (χ3n) is 4.26. The average molecular weight is 374 g/mol. The van der Waals surface area contributed by atoms with Gasteiger partial charge in [0.2, 0.25) is 5.90 Å². The van der Waals surface area contributed by atoms with Gasteiger partial charge in [-0.05, 0) is 42.8 Å². The van der Waals surface area contributed by atoms with Crippen LogP contribution in [0.3, 0.4) is 0 Å². The molecule has 0 saturated carbocycles. The first-order valence-corrected chi connectivity index (χ1v) is 8.44. The second kappa shape index (κ2) is 6.96. The average Bonchev–Trinajstić information content (AvgIpc) is 3.30. The highest BCUT2D eigenvalue weighted by atomic mass is 16.6. The molecule has 1 aliphatic rings. The van der Waals surface area contributed by atoms with Gasteiger partial charge in [-0.3, -0.25) is 10.1 Å². The number of non-ortho nitro benzene ring substituents is 1. The van der Waals surface area contributed by atoms with Crippen LogP contribution < -0.4 is 0 Å². The monoisotopic (exact) mass is 374 g/mol. The van der Waals surface area contributed by atoms with E-state index in [9.17, 15) is 14.9 Å². The zero-order valence-corrected chi connectivity index (χ0v) is 14.8. The number of nitrogens with zero attached hydrogens (tertiary/aromatic N) is 2. The van der Waals surface area contributed by atoms with E-state index in [0.29, 0.717) is 17.1 Å². The van der Waals surface area contributed by atoms with E-state index in [4.69, 9.17) is 9.15 Å². The Kier molecular flexibility index (Phi) is 4.33. The fourth-order valence-electron chi connectivity index (χ4n) is 2.80. The van der Waals surface area contributed by atoms with E-state index in [1.165, 1.54) is 18.2 Å². The standard InChI is InChI=1S/C21H14N2O5/c1-13-4-2-3-5-17(13)20-22-18(21(24)28-20)12-16-10-11-19(27-16)14-6-8-15(9-7-14)23(25)26/h2-12H,1H3/b18-12-. The molecule has 0 spiro atoms. The van der Waals surface area contributed by atoms with Gasteiger partial charge < -0.3 is 9.15 Å². The fourth-order valence-corrected chi connectivity index (χ4v) is 2.80. The number of hydrogen-bond acceptors (Lipinski definition) is 6. The van der Waals surface area contributed by atoms with Gasteiger partial charge in [-0.15, -0.1) is 0 Å². The number of ether oxygens (including phenoxy) is 1. The number of aryl methyl sites for hydroxylation is 1. The van der Waals surface area contributed by atoms with Crippen molar-refractivity contribution in [2.75, 3.05) is 0 Å². The molecule has 0 amide bonds. The lowest BCUT2D eigenvalue weighted by atomic mass is 10.1. The van der Waals surface area contributed by atoms with Crippen LogP contribution >= 0.6 is 0 Å². The van der Waals surface area contributed by atoms with Gasteiger partial charge in [0.25, 0.3) is 5.69 Å². The van der Waals surface area contributed by atoms with E-state index in [1.54, 1.807) is 24.3 Å². The Hall–Kier alpha value is -4.00. The summed E-state index contributed by atoms with van der Waals surface area (Å²) >= 11 is 0. The highest BCUT2D eigenvalue weighted by molar-refractivity contribution is 6.13. The van der Waals surface area contributed by atoms with Gasteiger partial charge in [-0.2, -0.15) is 0 Å². The first-order chi connectivity index (χ1) is 13.5. The molecule has 0 N–H and O–H groups in total. The predicted octanol–water partition coefficient (Wildman–Crippen LogP) is 4.51. The van der Waals surface area contributed by atoms with Crippen LogP contribution in [0.5, 0.6) is 0 Å². The van der Waals surface area contributed by atoms with Crippen molar-refractivity contribution in [1.82, 2.24) is 0 Å². The number of cyclic esters (lactones) is 1. The normalized spacial score (nSPS) is 14.8. The van der Waals surface area contributed by atoms with Crippen molar-refractivity contribution in [3.63, 3.8) is 0 Å². The maximum atomic E-state index is 12.1. The minimum Gasteiger partial charge on any atom is -0.457 e. The molecule has 0 saturated heterocycles. The van der Waals surface area contributed by atoms with E-state index in [0.717, 1.165) is 11.1 Å². The third kappa shape index (κ3) is 3.33. The predicted molar refractivity (Wildman–Crippen MR) is 103 cm³/mol. The van der Waals surface area contributed by atoms with E-state index in [2.05, 4.69) is 4.99 Å². The van der Waals surface area contributed by atoms with Gasteiger partial charge in [0.1, 0.15) is 11.5 Å². The molecular formula is C21H14N2O5. The summed E-state index contributed by atoms with van der Waals surface area (Å²) in [5.74, 6) is 0.661. The Morgan fingerprint density at radius 3 is 2.50 bits per heavy atom. The lowest BCUT2D eigenvalue weighted by molar-refractivity contribution is -0.384. The van der Waals surface area contributed by atoms with Crippen molar-refractivity contribution in [2.24, 2.45) is 4.99 Å². The summed E-state index contributed by atoms with van der Waals surface area (Å²) in [6, 6.07) is 16.9. The molecule has 138 valence electrons. The van der Waals surface area contributed by atoms with Crippen molar-refractivity contribution in [2.45, 2.75) is 6.92 Å². The molecule has 0 bridgehead atoms. The van der Waals surface area contributed by atoms with Crippen LogP contribution in [-0.2, 0) is 9.53 Å². The minimum atomic E-state index is -0.550. The molecule has 0 unspecified atom stereocenters. The SMILES string of the molecule is Cc1ccccc1C1=N/C(=C\c2ccc(-c3ccc([N+](=O)[O-])cc3)o2)C(=O)O1. The number of furan rings is 1. The number of hydrogen-bond donors (Lipinski definition) is 0. The Balaban J connectivity index is 1.60. The summed E-state index contributed by atoms with van der Waals surface area (Å²) in [6.07, 6.45) is 1.50. The Bertz CT molecular complexity index is 1140. The number of benzene rings is 2. The zero-order valence-electron chi connectivity index (χ0n) is 14.8. The Labute approximate surface area is 159 Å². The molecule has 3 aromatic rings. The molecule has 2 aromatic carbocycles. The molecule has 0 radical (unpaired) electrons. The lowest BCUT2D eigenvalue weighted by Gasteiger charge is -2.02. The first kappa shape index (κ1) is 17.4. The minimum absolute atomic E-state index is 0.00409. The number of aliphatic imine (C=N–C) groups is 1. The van der Waals surface area contributed by atoms with E-state index < -0.39 is 10.9 Å². The molecule has 1 aromatic heterocycles. The van der Waals surface area contributed by atoms with Crippen LogP contribution in [-0.4, -0.2) is 16.8 Å². The summed E-state index contributed by atoms with van der Waals surface area (Å²) in [6.45, 7) is 1.91. The number of carbonyl (C=O) groups is 1. The summed E-state index contributed by atoms with van der Waals surface area (Å²) in [5, 5.41) is 10.7. The van der Waals surface area contributed by atoms with Gasteiger partial charge in [-0.1, -0.05) is 18.2 Å². The number of nitro benzene ring substituents is 1. The van der Waals surface area contributed by atoms with Crippen LogP contribution in [0.2, 0.25) is 0 Å². The smallest absolute Gasteiger partial charge is 0.363 e. The molecule has 0 aliphatic carbocycles. The highest BCUT2D eigenvalue weighted by Gasteiger charge is 2.25. The topological polar surface area (TPSA) is 94.9 Å². The van der Waals surface area contributed by atoms with Crippen molar-refractivity contribution < 1.29 is 18.9 Å². The van der Waals surface area contributed by atoms with Gasteiger partial charge in [-0.25, -0.2) is 9.79 Å². The first-order valence-electron chi connectivity index (χ1n) is 8.44. The summed E-state index contributed by atoms with van der Waals surface area (Å²) in [4.78, 5) is 26.7. The third-order valence-corrected chi connectivity index (χ3v) is 4.26. The molecule has 7 heteroatoms. The van der Waals surface area contributed by atoms with Crippen LogP contribution in [0.4, 0.5) is 5.69 Å². The maximum Gasteiger partial charge on any atom is 0.363 e. The van der Waals surface area contributed by atoms with Gasteiger partial charge in [0.05, 0.1) is 4.92 Å². The molecular weight excluding hydrogens is 360 g/mol. The van der Waals surface area contributed by atoms with Crippen LogP contribution in [0, 0.1) is 17.0 Å². The van der Waals surface area contributed by atoms with Crippen LogP contribution in [0.25, 0.3) is 17.4 Å². The Morgan fingerprint density at radius 2 is 1.79 bits per heavy atom. The van der Waals surface area contributed by atoms with Gasteiger partial charge in [0, 0.05) is 29.3 Å². The highest BCUT2D eigenvalue weighted by Crippen LogP contribution is 2.27.